The van der Waals surface area contributed by atoms with E-state index in [9.17, 15) is 4.39 Å². The van der Waals surface area contributed by atoms with Crippen LogP contribution < -0.4 is 5.73 Å². The summed E-state index contributed by atoms with van der Waals surface area (Å²) < 4.78 is 13.6. The van der Waals surface area contributed by atoms with Crippen molar-refractivity contribution < 1.29 is 4.39 Å². The monoisotopic (exact) mass is 274 g/mol. The first-order chi connectivity index (χ1) is 9.71. The lowest BCUT2D eigenvalue weighted by molar-refractivity contribution is 0.178. The second-order valence-electron chi connectivity index (χ2n) is 5.48. The van der Waals surface area contributed by atoms with Crippen LogP contribution in [-0.2, 0) is 6.54 Å². The molecule has 2 N–H and O–H groups in total. The van der Waals surface area contributed by atoms with Gasteiger partial charge in [-0.05, 0) is 49.1 Å². The van der Waals surface area contributed by atoms with E-state index in [-0.39, 0.29) is 5.82 Å². The molecule has 0 radical (unpaired) electrons. The second kappa shape index (κ2) is 7.42. The van der Waals surface area contributed by atoms with Gasteiger partial charge in [0.25, 0.3) is 0 Å². The summed E-state index contributed by atoms with van der Waals surface area (Å²) >= 11 is 0. The topological polar surface area (TPSA) is 29.3 Å². The van der Waals surface area contributed by atoms with Crippen LogP contribution in [0.4, 0.5) is 4.39 Å². The van der Waals surface area contributed by atoms with Crippen LogP contribution in [0.15, 0.2) is 18.2 Å². The quantitative estimate of drug-likeness (QED) is 0.837. The van der Waals surface area contributed by atoms with Gasteiger partial charge in [0, 0.05) is 18.7 Å². The van der Waals surface area contributed by atoms with Gasteiger partial charge in [0.1, 0.15) is 5.82 Å². The SMILES string of the molecule is CCN(Cc1cc(F)cc(C#CCN)c1)CC1CCC1. The van der Waals surface area contributed by atoms with Gasteiger partial charge < -0.3 is 5.73 Å². The Morgan fingerprint density at radius 1 is 1.35 bits per heavy atom. The maximum atomic E-state index is 13.6. The lowest BCUT2D eigenvalue weighted by Crippen LogP contribution is -2.32. The number of nitrogens with two attached hydrogens (primary N) is 1. The van der Waals surface area contributed by atoms with E-state index in [1.165, 1.54) is 25.3 Å². The highest BCUT2D eigenvalue weighted by molar-refractivity contribution is 5.38. The molecule has 1 aromatic carbocycles. The molecule has 2 nitrogen and oxygen atoms in total. The Kier molecular flexibility index (Phi) is 5.58. The first-order valence-electron chi connectivity index (χ1n) is 7.42. The van der Waals surface area contributed by atoms with Crippen molar-refractivity contribution >= 4 is 0 Å². The highest BCUT2D eigenvalue weighted by Gasteiger charge is 2.20. The third-order valence-electron chi connectivity index (χ3n) is 3.89. The van der Waals surface area contributed by atoms with Crippen molar-refractivity contribution in [2.24, 2.45) is 11.7 Å². The summed E-state index contributed by atoms with van der Waals surface area (Å²) in [7, 11) is 0. The smallest absolute Gasteiger partial charge is 0.124 e. The van der Waals surface area contributed by atoms with E-state index in [0.717, 1.165) is 31.1 Å². The van der Waals surface area contributed by atoms with Gasteiger partial charge in [-0.15, -0.1) is 0 Å². The maximum absolute atomic E-state index is 13.6. The molecular formula is C17H23FN2. The normalized spacial score (nSPS) is 14.8. The first kappa shape index (κ1) is 15.0. The van der Waals surface area contributed by atoms with E-state index in [2.05, 4.69) is 23.7 Å². The molecule has 20 heavy (non-hydrogen) atoms. The van der Waals surface area contributed by atoms with Crippen molar-refractivity contribution in [3.05, 3.63) is 35.1 Å². The zero-order valence-electron chi connectivity index (χ0n) is 12.2. The average Bonchev–Trinajstić information content (AvgIpc) is 2.38. The molecule has 0 heterocycles. The Hall–Kier alpha value is -1.37. The molecule has 0 saturated heterocycles. The maximum Gasteiger partial charge on any atom is 0.124 e. The van der Waals surface area contributed by atoms with Crippen LogP contribution in [0.5, 0.6) is 0 Å². The van der Waals surface area contributed by atoms with Gasteiger partial charge in [0.15, 0.2) is 0 Å². The van der Waals surface area contributed by atoms with E-state index in [1.54, 1.807) is 6.07 Å². The molecule has 2 rings (SSSR count). The fourth-order valence-corrected chi connectivity index (χ4v) is 2.57. The van der Waals surface area contributed by atoms with E-state index in [1.807, 2.05) is 6.07 Å². The van der Waals surface area contributed by atoms with Crippen LogP contribution in [0.25, 0.3) is 0 Å². The standard InChI is InChI=1S/C17H23FN2/c1-2-20(12-14-5-3-6-14)13-16-9-15(7-4-8-19)10-17(18)11-16/h9-11,14H,2-3,5-6,8,12-13,19H2,1H3. The molecule has 0 unspecified atom stereocenters. The van der Waals surface area contributed by atoms with Crippen molar-refractivity contribution in [2.45, 2.75) is 32.7 Å². The van der Waals surface area contributed by atoms with Crippen LogP contribution in [0.3, 0.4) is 0 Å². The van der Waals surface area contributed by atoms with Crippen LogP contribution in [0, 0.1) is 23.6 Å². The van der Waals surface area contributed by atoms with Crippen molar-refractivity contribution in [1.82, 2.24) is 4.90 Å². The lowest BCUT2D eigenvalue weighted by atomic mass is 9.85. The number of hydrogen-bond donors (Lipinski definition) is 1. The third-order valence-corrected chi connectivity index (χ3v) is 3.89. The van der Waals surface area contributed by atoms with Crippen LogP contribution in [0.2, 0.25) is 0 Å². The van der Waals surface area contributed by atoms with Gasteiger partial charge in [-0.1, -0.05) is 25.2 Å². The summed E-state index contributed by atoms with van der Waals surface area (Å²) in [5, 5.41) is 0. The van der Waals surface area contributed by atoms with Gasteiger partial charge in [0.2, 0.25) is 0 Å². The minimum absolute atomic E-state index is 0.219. The molecule has 0 atom stereocenters. The molecule has 108 valence electrons. The molecular weight excluding hydrogens is 251 g/mol. The lowest BCUT2D eigenvalue weighted by Gasteiger charge is -2.31. The first-order valence-corrected chi connectivity index (χ1v) is 7.42. The molecule has 0 aliphatic heterocycles. The van der Waals surface area contributed by atoms with Crippen molar-refractivity contribution in [2.75, 3.05) is 19.6 Å². The molecule has 1 aliphatic rings. The second-order valence-corrected chi connectivity index (χ2v) is 5.48. The van der Waals surface area contributed by atoms with E-state index < -0.39 is 0 Å². The summed E-state index contributed by atoms with van der Waals surface area (Å²) in [6.45, 7) is 5.37. The Balaban J connectivity index is 2.04. The minimum Gasteiger partial charge on any atom is -0.320 e. The molecule has 0 bridgehead atoms. The molecule has 0 spiro atoms. The zero-order valence-corrected chi connectivity index (χ0v) is 12.2. The van der Waals surface area contributed by atoms with E-state index in [0.29, 0.717) is 12.1 Å². The number of benzene rings is 1. The number of nitrogens with zero attached hydrogens (tertiary/aromatic N) is 1. The summed E-state index contributed by atoms with van der Waals surface area (Å²) in [6.07, 6.45) is 4.04. The van der Waals surface area contributed by atoms with Crippen molar-refractivity contribution in [1.29, 1.82) is 0 Å². The molecule has 3 heteroatoms. The predicted molar refractivity (Wildman–Crippen MR) is 80.6 cm³/mol. The highest BCUT2D eigenvalue weighted by atomic mass is 19.1. The van der Waals surface area contributed by atoms with Gasteiger partial charge in [-0.25, -0.2) is 4.39 Å². The molecule has 1 fully saturated rings. The largest absolute Gasteiger partial charge is 0.320 e. The summed E-state index contributed by atoms with van der Waals surface area (Å²) in [5.74, 6) is 6.30. The van der Waals surface area contributed by atoms with Gasteiger partial charge in [-0.3, -0.25) is 4.90 Å². The van der Waals surface area contributed by atoms with Gasteiger partial charge >= 0.3 is 0 Å². The average molecular weight is 274 g/mol. The number of hydrogen-bond acceptors (Lipinski definition) is 2. The molecule has 1 saturated carbocycles. The minimum atomic E-state index is -0.219. The highest BCUT2D eigenvalue weighted by Crippen LogP contribution is 2.27. The Morgan fingerprint density at radius 3 is 2.75 bits per heavy atom. The summed E-state index contributed by atoms with van der Waals surface area (Å²) in [5.41, 5.74) is 7.06. The molecule has 0 aromatic heterocycles. The van der Waals surface area contributed by atoms with Gasteiger partial charge in [0.05, 0.1) is 6.54 Å². The summed E-state index contributed by atoms with van der Waals surface area (Å²) in [4.78, 5) is 2.39. The van der Waals surface area contributed by atoms with Crippen LogP contribution in [0.1, 0.15) is 37.3 Å². The number of rotatable bonds is 5. The van der Waals surface area contributed by atoms with Crippen LogP contribution in [-0.4, -0.2) is 24.5 Å². The van der Waals surface area contributed by atoms with Crippen molar-refractivity contribution in [3.63, 3.8) is 0 Å². The summed E-state index contributed by atoms with van der Waals surface area (Å²) in [6, 6.07) is 5.04. The molecule has 1 aliphatic carbocycles. The fourth-order valence-electron chi connectivity index (χ4n) is 2.57. The van der Waals surface area contributed by atoms with E-state index in [4.69, 9.17) is 5.73 Å². The Morgan fingerprint density at radius 2 is 2.15 bits per heavy atom. The number of halogens is 1. The Labute approximate surface area is 121 Å². The van der Waals surface area contributed by atoms with Crippen LogP contribution >= 0.6 is 0 Å². The molecule has 1 aromatic rings. The zero-order chi connectivity index (χ0) is 14.4. The van der Waals surface area contributed by atoms with Gasteiger partial charge in [-0.2, -0.15) is 0 Å². The molecule has 0 amide bonds. The third kappa shape index (κ3) is 4.33. The fraction of sp³-hybridized carbons (Fsp3) is 0.529. The van der Waals surface area contributed by atoms with Crippen molar-refractivity contribution in [3.8, 4) is 11.8 Å². The Bertz CT molecular complexity index is 497. The predicted octanol–water partition coefficient (Wildman–Crippen LogP) is 2.76. The van der Waals surface area contributed by atoms with E-state index >= 15 is 0 Å².